The smallest absolute Gasteiger partial charge is 0.165 e. The molecule has 0 amide bonds. The third kappa shape index (κ3) is 8.44. The minimum absolute atomic E-state index is 0.0360. The van der Waals surface area contributed by atoms with Crippen molar-refractivity contribution < 1.29 is 14.9 Å². The molecule has 0 fully saturated rings. The largest absolute Gasteiger partial charge is 0.484 e. The number of thiocarbonyl (C=S) groups is 1. The van der Waals surface area contributed by atoms with Gasteiger partial charge >= 0.3 is 0 Å². The average molecular weight is 333 g/mol. The van der Waals surface area contributed by atoms with E-state index in [-0.39, 0.29) is 18.6 Å². The van der Waals surface area contributed by atoms with E-state index in [0.29, 0.717) is 5.05 Å². The molecule has 0 heterocycles. The minimum atomic E-state index is -0.844. The molecule has 0 rings (SSSR count). The van der Waals surface area contributed by atoms with Crippen LogP contribution in [0.2, 0.25) is 0 Å². The van der Waals surface area contributed by atoms with Crippen LogP contribution in [0.15, 0.2) is 0 Å². The molecule has 0 saturated heterocycles. The minimum Gasteiger partial charge on any atom is -0.484 e. The predicted molar refractivity (Wildman–Crippen MR) is 97.3 cm³/mol. The van der Waals surface area contributed by atoms with Crippen LogP contribution in [0.25, 0.3) is 0 Å². The van der Waals surface area contributed by atoms with E-state index in [1.54, 1.807) is 0 Å². The standard InChI is InChI=1S/C18H36O3S/c1-4-7-10-13-18(11-8-5-2,12-9-6-3)17(22)21-15-16(20)14-19/h16,19-20H,4-15H2,1-3H3. The lowest BCUT2D eigenvalue weighted by Gasteiger charge is -2.35. The summed E-state index contributed by atoms with van der Waals surface area (Å²) in [5.74, 6) is 0. The van der Waals surface area contributed by atoms with E-state index in [1.165, 1.54) is 19.3 Å². The Morgan fingerprint density at radius 1 is 0.955 bits per heavy atom. The molecule has 4 heteroatoms. The first-order chi connectivity index (χ1) is 10.6. The molecule has 0 spiro atoms. The van der Waals surface area contributed by atoms with Gasteiger partial charge in [-0.1, -0.05) is 65.7 Å². The summed E-state index contributed by atoms with van der Waals surface area (Å²) in [5, 5.41) is 19.1. The number of hydrogen-bond acceptors (Lipinski definition) is 4. The molecule has 0 aromatic rings. The highest BCUT2D eigenvalue weighted by atomic mass is 32.1. The van der Waals surface area contributed by atoms with Gasteiger partial charge in [0.05, 0.1) is 6.61 Å². The Balaban J connectivity index is 4.89. The van der Waals surface area contributed by atoms with Crippen molar-refractivity contribution in [1.82, 2.24) is 0 Å². The number of aliphatic hydroxyl groups excluding tert-OH is 2. The average Bonchev–Trinajstić information content (AvgIpc) is 2.54. The van der Waals surface area contributed by atoms with Gasteiger partial charge in [-0.05, 0) is 31.5 Å². The Hall–Kier alpha value is -0.190. The number of unbranched alkanes of at least 4 members (excludes halogenated alkanes) is 4. The van der Waals surface area contributed by atoms with Crippen LogP contribution in [0.3, 0.4) is 0 Å². The molecule has 1 atom stereocenters. The van der Waals surface area contributed by atoms with Crippen LogP contribution in [0.4, 0.5) is 0 Å². The zero-order valence-electron chi connectivity index (χ0n) is 14.8. The van der Waals surface area contributed by atoms with Gasteiger partial charge in [0.1, 0.15) is 12.7 Å². The number of aliphatic hydroxyl groups is 2. The lowest BCUT2D eigenvalue weighted by molar-refractivity contribution is 0.0440. The molecule has 0 aliphatic rings. The van der Waals surface area contributed by atoms with Crippen molar-refractivity contribution in [2.75, 3.05) is 13.2 Å². The third-order valence-electron chi connectivity index (χ3n) is 4.33. The van der Waals surface area contributed by atoms with Crippen LogP contribution in [0.5, 0.6) is 0 Å². The fourth-order valence-corrected chi connectivity index (χ4v) is 3.18. The molecular weight excluding hydrogens is 296 g/mol. The second kappa shape index (κ2) is 13.3. The molecule has 2 N–H and O–H groups in total. The highest BCUT2D eigenvalue weighted by molar-refractivity contribution is 7.80. The zero-order valence-corrected chi connectivity index (χ0v) is 15.6. The van der Waals surface area contributed by atoms with Crippen molar-refractivity contribution in [3.8, 4) is 0 Å². The lowest BCUT2D eigenvalue weighted by Crippen LogP contribution is -2.34. The summed E-state index contributed by atoms with van der Waals surface area (Å²) in [7, 11) is 0. The first-order valence-electron chi connectivity index (χ1n) is 9.02. The van der Waals surface area contributed by atoms with Gasteiger partial charge in [-0.2, -0.15) is 0 Å². The van der Waals surface area contributed by atoms with Gasteiger partial charge < -0.3 is 14.9 Å². The second-order valence-corrected chi connectivity index (χ2v) is 6.75. The maximum absolute atomic E-state index is 9.50. The Kier molecular flexibility index (Phi) is 13.2. The summed E-state index contributed by atoms with van der Waals surface area (Å²) < 4.78 is 5.71. The van der Waals surface area contributed by atoms with Gasteiger partial charge in [-0.3, -0.25) is 0 Å². The van der Waals surface area contributed by atoms with E-state index < -0.39 is 6.10 Å². The van der Waals surface area contributed by atoms with Crippen molar-refractivity contribution in [3.63, 3.8) is 0 Å². The van der Waals surface area contributed by atoms with Crippen molar-refractivity contribution >= 4 is 17.3 Å². The first kappa shape index (κ1) is 21.8. The van der Waals surface area contributed by atoms with E-state index in [1.807, 2.05) is 0 Å². The van der Waals surface area contributed by atoms with E-state index in [0.717, 1.165) is 44.9 Å². The summed E-state index contributed by atoms with van der Waals surface area (Å²) in [6.45, 7) is 6.44. The maximum atomic E-state index is 9.50. The fraction of sp³-hybridized carbons (Fsp3) is 0.944. The highest BCUT2D eigenvalue weighted by Gasteiger charge is 2.35. The molecule has 22 heavy (non-hydrogen) atoms. The lowest BCUT2D eigenvalue weighted by atomic mass is 9.75. The van der Waals surface area contributed by atoms with Gasteiger partial charge in [-0.15, -0.1) is 0 Å². The van der Waals surface area contributed by atoms with E-state index in [4.69, 9.17) is 22.1 Å². The summed E-state index contributed by atoms with van der Waals surface area (Å²) >= 11 is 5.62. The van der Waals surface area contributed by atoms with Crippen molar-refractivity contribution in [2.45, 2.75) is 91.1 Å². The van der Waals surface area contributed by atoms with Gasteiger partial charge in [0, 0.05) is 5.41 Å². The molecule has 0 aromatic heterocycles. The van der Waals surface area contributed by atoms with Crippen molar-refractivity contribution in [1.29, 1.82) is 0 Å². The summed E-state index contributed by atoms with van der Waals surface area (Å²) in [6, 6.07) is 0. The summed E-state index contributed by atoms with van der Waals surface area (Å²) in [4.78, 5) is 0. The van der Waals surface area contributed by atoms with Crippen LogP contribution < -0.4 is 0 Å². The zero-order chi connectivity index (χ0) is 16.8. The molecule has 0 aliphatic heterocycles. The van der Waals surface area contributed by atoms with Crippen molar-refractivity contribution in [2.24, 2.45) is 5.41 Å². The van der Waals surface area contributed by atoms with Gasteiger partial charge in [-0.25, -0.2) is 0 Å². The Morgan fingerprint density at radius 2 is 1.45 bits per heavy atom. The molecule has 0 aromatic carbocycles. The first-order valence-corrected chi connectivity index (χ1v) is 9.43. The fourth-order valence-electron chi connectivity index (χ4n) is 2.80. The maximum Gasteiger partial charge on any atom is 0.165 e. The number of ether oxygens (including phenoxy) is 1. The predicted octanol–water partition coefficient (Wildman–Crippen LogP) is 4.63. The molecule has 0 saturated carbocycles. The SMILES string of the molecule is CCCCCC(CCCC)(CCCC)C(=S)OCC(O)CO. The van der Waals surface area contributed by atoms with E-state index in [2.05, 4.69) is 20.8 Å². The molecule has 1 unspecified atom stereocenters. The number of hydrogen-bond donors (Lipinski definition) is 2. The second-order valence-electron chi connectivity index (χ2n) is 6.38. The van der Waals surface area contributed by atoms with Crippen molar-refractivity contribution in [3.05, 3.63) is 0 Å². The van der Waals surface area contributed by atoms with Crippen LogP contribution in [0, 0.1) is 5.41 Å². The molecular formula is C18H36O3S. The summed E-state index contributed by atoms with van der Waals surface area (Å²) in [5.41, 5.74) is -0.0360. The van der Waals surface area contributed by atoms with Crippen LogP contribution in [-0.4, -0.2) is 34.6 Å². The van der Waals surface area contributed by atoms with Gasteiger partial charge in [0.2, 0.25) is 0 Å². The van der Waals surface area contributed by atoms with Crippen LogP contribution >= 0.6 is 12.2 Å². The molecule has 0 aliphatic carbocycles. The monoisotopic (exact) mass is 332 g/mol. The van der Waals surface area contributed by atoms with Gasteiger partial charge in [0.15, 0.2) is 5.05 Å². The molecule has 0 radical (unpaired) electrons. The van der Waals surface area contributed by atoms with Crippen LogP contribution in [-0.2, 0) is 4.74 Å². The van der Waals surface area contributed by atoms with Crippen LogP contribution in [0.1, 0.15) is 85.0 Å². The van der Waals surface area contributed by atoms with E-state index in [9.17, 15) is 5.11 Å². The Morgan fingerprint density at radius 3 is 1.91 bits per heavy atom. The quantitative estimate of drug-likeness (QED) is 0.360. The molecule has 0 bridgehead atoms. The molecule has 3 nitrogen and oxygen atoms in total. The van der Waals surface area contributed by atoms with Gasteiger partial charge in [0.25, 0.3) is 0 Å². The normalized spacial score (nSPS) is 13.1. The highest BCUT2D eigenvalue weighted by Crippen LogP contribution is 2.39. The topological polar surface area (TPSA) is 49.7 Å². The van der Waals surface area contributed by atoms with E-state index >= 15 is 0 Å². The summed E-state index contributed by atoms with van der Waals surface area (Å²) in [6.07, 6.45) is 10.6. The Bertz CT molecular complexity index is 274. The third-order valence-corrected chi connectivity index (χ3v) is 4.88. The Labute approximate surface area is 142 Å². The number of rotatable bonds is 14. The molecule has 132 valence electrons.